The highest BCUT2D eigenvalue weighted by Crippen LogP contribution is 2.30. The summed E-state index contributed by atoms with van der Waals surface area (Å²) < 4.78 is 0. The molecule has 2 aliphatic rings. The van der Waals surface area contributed by atoms with Crippen molar-refractivity contribution in [2.24, 2.45) is 0 Å². The van der Waals surface area contributed by atoms with Gasteiger partial charge in [-0.3, -0.25) is 0 Å². The zero-order valence-corrected chi connectivity index (χ0v) is 11.9. The third-order valence-electron chi connectivity index (χ3n) is 4.25. The first-order chi connectivity index (χ1) is 9.24. The molecular weight excluding hydrogens is 260 g/mol. The molecule has 1 heterocycles. The number of likely N-dealkylation sites (tertiary alicyclic amines) is 1. The number of hydrogen-bond donors (Lipinski definition) is 2. The lowest BCUT2D eigenvalue weighted by Gasteiger charge is -2.32. The van der Waals surface area contributed by atoms with E-state index in [2.05, 4.69) is 10.2 Å². The van der Waals surface area contributed by atoms with Gasteiger partial charge in [-0.1, -0.05) is 17.7 Å². The molecule has 19 heavy (non-hydrogen) atoms. The van der Waals surface area contributed by atoms with Crippen LogP contribution in [-0.2, 0) is 6.54 Å². The first kappa shape index (κ1) is 13.2. The Morgan fingerprint density at radius 2 is 1.95 bits per heavy atom. The van der Waals surface area contributed by atoms with Crippen LogP contribution in [0, 0.1) is 0 Å². The summed E-state index contributed by atoms with van der Waals surface area (Å²) in [6.07, 6.45) is 5.18. The first-order valence-corrected chi connectivity index (χ1v) is 7.55. The van der Waals surface area contributed by atoms with E-state index in [0.29, 0.717) is 17.6 Å². The Morgan fingerprint density at radius 1 is 1.21 bits per heavy atom. The van der Waals surface area contributed by atoms with Crippen LogP contribution in [0.5, 0.6) is 5.75 Å². The third-order valence-corrected chi connectivity index (χ3v) is 4.61. The van der Waals surface area contributed by atoms with E-state index in [1.54, 1.807) is 12.1 Å². The van der Waals surface area contributed by atoms with Gasteiger partial charge in [0.05, 0.1) is 0 Å². The highest BCUT2D eigenvalue weighted by molar-refractivity contribution is 6.31. The second kappa shape index (κ2) is 5.70. The molecule has 2 fully saturated rings. The molecular formula is C15H21ClN2O. The lowest BCUT2D eigenvalue weighted by Crippen LogP contribution is -2.43. The van der Waals surface area contributed by atoms with E-state index in [1.807, 2.05) is 6.07 Å². The minimum absolute atomic E-state index is 0.287. The molecule has 0 radical (unpaired) electrons. The smallest absolute Gasteiger partial charge is 0.121 e. The number of phenolic OH excluding ortho intramolecular Hbond substituents is 1. The lowest BCUT2D eigenvalue weighted by molar-refractivity contribution is 0.189. The molecule has 3 nitrogen and oxygen atoms in total. The van der Waals surface area contributed by atoms with Gasteiger partial charge >= 0.3 is 0 Å². The molecule has 0 unspecified atom stereocenters. The fourth-order valence-electron chi connectivity index (χ4n) is 2.88. The van der Waals surface area contributed by atoms with Crippen molar-refractivity contribution in [1.29, 1.82) is 0 Å². The summed E-state index contributed by atoms with van der Waals surface area (Å²) in [7, 11) is 0. The van der Waals surface area contributed by atoms with Gasteiger partial charge in [0.2, 0.25) is 0 Å². The molecule has 0 atom stereocenters. The molecule has 4 heteroatoms. The minimum atomic E-state index is 0.287. The van der Waals surface area contributed by atoms with Gasteiger partial charge in [-0.2, -0.15) is 0 Å². The topological polar surface area (TPSA) is 35.5 Å². The van der Waals surface area contributed by atoms with Crippen LogP contribution in [0.25, 0.3) is 0 Å². The SMILES string of the molecule is Oc1cccc(Cl)c1CNC1CCN(C2CC2)CC1. The molecule has 1 aromatic carbocycles. The Morgan fingerprint density at radius 3 is 2.58 bits per heavy atom. The van der Waals surface area contributed by atoms with Gasteiger partial charge in [0.25, 0.3) is 0 Å². The zero-order valence-electron chi connectivity index (χ0n) is 11.1. The largest absolute Gasteiger partial charge is 0.508 e. The number of nitrogens with one attached hydrogen (secondary N) is 1. The molecule has 3 rings (SSSR count). The molecule has 2 N–H and O–H groups in total. The maximum atomic E-state index is 9.81. The lowest BCUT2D eigenvalue weighted by atomic mass is 10.0. The Hall–Kier alpha value is -0.770. The van der Waals surface area contributed by atoms with E-state index in [-0.39, 0.29) is 5.75 Å². The van der Waals surface area contributed by atoms with Crippen LogP contribution in [-0.4, -0.2) is 35.2 Å². The average molecular weight is 281 g/mol. The maximum absolute atomic E-state index is 9.81. The van der Waals surface area contributed by atoms with E-state index >= 15 is 0 Å². The number of benzene rings is 1. The van der Waals surface area contributed by atoms with E-state index < -0.39 is 0 Å². The quantitative estimate of drug-likeness (QED) is 0.890. The number of rotatable bonds is 4. The minimum Gasteiger partial charge on any atom is -0.508 e. The Bertz CT molecular complexity index is 420. The fraction of sp³-hybridized carbons (Fsp3) is 0.600. The summed E-state index contributed by atoms with van der Waals surface area (Å²) >= 11 is 6.11. The summed E-state index contributed by atoms with van der Waals surface area (Å²) in [6.45, 7) is 3.06. The average Bonchev–Trinajstić information content (AvgIpc) is 3.23. The third kappa shape index (κ3) is 3.22. The predicted molar refractivity (Wildman–Crippen MR) is 77.6 cm³/mol. The molecule has 104 valence electrons. The molecule has 0 amide bonds. The van der Waals surface area contributed by atoms with Crippen LogP contribution >= 0.6 is 11.6 Å². The first-order valence-electron chi connectivity index (χ1n) is 7.18. The Balaban J connectivity index is 1.50. The number of piperidine rings is 1. The summed E-state index contributed by atoms with van der Waals surface area (Å²) in [5, 5.41) is 14.0. The van der Waals surface area contributed by atoms with Crippen molar-refractivity contribution >= 4 is 11.6 Å². The molecule has 1 aliphatic heterocycles. The monoisotopic (exact) mass is 280 g/mol. The standard InChI is InChI=1S/C15H21ClN2O/c16-14-2-1-3-15(19)13(14)10-17-11-6-8-18(9-7-11)12-4-5-12/h1-3,11-12,17,19H,4-10H2. The number of hydrogen-bond acceptors (Lipinski definition) is 3. The van der Waals surface area contributed by atoms with Gasteiger partial charge in [-0.15, -0.1) is 0 Å². The van der Waals surface area contributed by atoms with Gasteiger partial charge in [0, 0.05) is 29.2 Å². The van der Waals surface area contributed by atoms with Crippen LogP contribution in [0.2, 0.25) is 5.02 Å². The van der Waals surface area contributed by atoms with Crippen molar-refractivity contribution in [1.82, 2.24) is 10.2 Å². The van der Waals surface area contributed by atoms with E-state index in [4.69, 9.17) is 11.6 Å². The van der Waals surface area contributed by atoms with E-state index in [9.17, 15) is 5.11 Å². The highest BCUT2D eigenvalue weighted by atomic mass is 35.5. The van der Waals surface area contributed by atoms with Crippen molar-refractivity contribution in [3.05, 3.63) is 28.8 Å². The predicted octanol–water partition coefficient (Wildman–Crippen LogP) is 2.76. The van der Waals surface area contributed by atoms with Crippen molar-refractivity contribution in [2.75, 3.05) is 13.1 Å². The Kier molecular flexibility index (Phi) is 3.96. The summed E-state index contributed by atoms with van der Waals surface area (Å²) in [5.41, 5.74) is 0.814. The fourth-order valence-corrected chi connectivity index (χ4v) is 3.11. The second-order valence-corrected chi connectivity index (χ2v) is 6.07. The van der Waals surface area contributed by atoms with Crippen LogP contribution < -0.4 is 5.32 Å². The molecule has 1 saturated carbocycles. The van der Waals surface area contributed by atoms with Crippen LogP contribution in [0.4, 0.5) is 0 Å². The molecule has 1 aliphatic carbocycles. The zero-order chi connectivity index (χ0) is 13.2. The van der Waals surface area contributed by atoms with E-state index in [0.717, 1.165) is 11.6 Å². The summed E-state index contributed by atoms with van der Waals surface area (Å²) in [4.78, 5) is 2.62. The van der Waals surface area contributed by atoms with Gasteiger partial charge in [0.15, 0.2) is 0 Å². The molecule has 0 spiro atoms. The second-order valence-electron chi connectivity index (χ2n) is 5.66. The van der Waals surface area contributed by atoms with Crippen LogP contribution in [0.3, 0.4) is 0 Å². The van der Waals surface area contributed by atoms with E-state index in [1.165, 1.54) is 38.8 Å². The van der Waals surface area contributed by atoms with Gasteiger partial charge in [0.1, 0.15) is 5.75 Å². The number of aromatic hydroxyl groups is 1. The van der Waals surface area contributed by atoms with Crippen LogP contribution in [0.15, 0.2) is 18.2 Å². The molecule has 0 aromatic heterocycles. The van der Waals surface area contributed by atoms with Crippen molar-refractivity contribution in [3.8, 4) is 5.75 Å². The van der Waals surface area contributed by atoms with Crippen molar-refractivity contribution in [2.45, 2.75) is 44.3 Å². The maximum Gasteiger partial charge on any atom is 0.121 e. The summed E-state index contributed by atoms with van der Waals surface area (Å²) in [5.74, 6) is 0.287. The van der Waals surface area contributed by atoms with Crippen LogP contribution in [0.1, 0.15) is 31.2 Å². The number of nitrogens with zero attached hydrogens (tertiary/aromatic N) is 1. The highest BCUT2D eigenvalue weighted by Gasteiger charge is 2.31. The molecule has 0 bridgehead atoms. The number of phenols is 1. The van der Waals surface area contributed by atoms with Crippen molar-refractivity contribution < 1.29 is 5.11 Å². The van der Waals surface area contributed by atoms with Gasteiger partial charge in [-0.05, 0) is 50.9 Å². The van der Waals surface area contributed by atoms with Gasteiger partial charge < -0.3 is 15.3 Å². The molecule has 1 aromatic rings. The number of halogens is 1. The van der Waals surface area contributed by atoms with Gasteiger partial charge in [-0.25, -0.2) is 0 Å². The Labute approximate surface area is 119 Å². The normalized spacial score (nSPS) is 21.7. The molecule has 1 saturated heterocycles. The van der Waals surface area contributed by atoms with Crippen molar-refractivity contribution in [3.63, 3.8) is 0 Å². The summed E-state index contributed by atoms with van der Waals surface area (Å²) in [6, 6.07) is 6.72.